The molecule has 0 aliphatic carbocycles. The lowest BCUT2D eigenvalue weighted by atomic mass is 10.2. The Morgan fingerprint density at radius 3 is 2.44 bits per heavy atom. The smallest absolute Gasteiger partial charge is 0.446 e. The van der Waals surface area contributed by atoms with Gasteiger partial charge in [-0.05, 0) is 13.0 Å². The van der Waals surface area contributed by atoms with Crippen LogP contribution in [0.5, 0.6) is 17.2 Å². The zero-order valence-corrected chi connectivity index (χ0v) is 9.97. The molecule has 0 atom stereocenters. The van der Waals surface area contributed by atoms with Crippen LogP contribution in [0.25, 0.3) is 0 Å². The molecule has 0 bridgehead atoms. The molecular weight excluding hydrogens is 268 g/mol. The highest BCUT2D eigenvalue weighted by molar-refractivity contribution is 7.81. The fourth-order valence-electron chi connectivity index (χ4n) is 1.10. The number of carbonyl (C=O) groups is 1. The molecule has 0 saturated heterocycles. The van der Waals surface area contributed by atoms with Crippen LogP contribution < -0.4 is 4.18 Å². The number of phenols is 2. The molecule has 9 heteroatoms. The van der Waals surface area contributed by atoms with Crippen LogP contribution in [-0.4, -0.2) is 35.8 Å². The molecule has 0 heterocycles. The van der Waals surface area contributed by atoms with Crippen molar-refractivity contribution in [2.45, 2.75) is 6.92 Å². The molecule has 8 nitrogen and oxygen atoms in total. The summed E-state index contributed by atoms with van der Waals surface area (Å²) in [6.45, 7) is 1.61. The number of phenolic OH excluding ortho intramolecular Hbond substituents is 2. The van der Waals surface area contributed by atoms with Crippen LogP contribution in [0, 0.1) is 0 Å². The average Bonchev–Trinajstić information content (AvgIpc) is 2.22. The van der Waals surface area contributed by atoms with Gasteiger partial charge in [0.05, 0.1) is 12.2 Å². The molecule has 100 valence electrons. The molecule has 0 saturated carbocycles. The van der Waals surface area contributed by atoms with Crippen molar-refractivity contribution in [1.82, 2.24) is 0 Å². The van der Waals surface area contributed by atoms with Crippen molar-refractivity contribution in [2.24, 2.45) is 0 Å². The summed E-state index contributed by atoms with van der Waals surface area (Å²) < 4.78 is 38.1. The SMILES string of the molecule is CCOC(=O)c1cc(O)c(O)c(OS(=O)(=O)O)c1. The van der Waals surface area contributed by atoms with Crippen LogP contribution in [0.15, 0.2) is 12.1 Å². The van der Waals surface area contributed by atoms with Crippen molar-refractivity contribution in [3.63, 3.8) is 0 Å². The number of esters is 1. The number of benzene rings is 1. The van der Waals surface area contributed by atoms with E-state index in [4.69, 9.17) is 4.55 Å². The van der Waals surface area contributed by atoms with E-state index in [0.29, 0.717) is 0 Å². The Kier molecular flexibility index (Phi) is 3.99. The van der Waals surface area contributed by atoms with Gasteiger partial charge in [-0.3, -0.25) is 4.55 Å². The topological polar surface area (TPSA) is 130 Å². The zero-order valence-electron chi connectivity index (χ0n) is 9.15. The summed E-state index contributed by atoms with van der Waals surface area (Å²) in [5.41, 5.74) is -0.245. The number of hydrogen-bond acceptors (Lipinski definition) is 7. The Morgan fingerprint density at radius 2 is 1.94 bits per heavy atom. The first-order valence-electron chi connectivity index (χ1n) is 4.64. The lowest BCUT2D eigenvalue weighted by Gasteiger charge is -2.08. The third-order valence-corrected chi connectivity index (χ3v) is 2.15. The predicted octanol–water partition coefficient (Wildman–Crippen LogP) is 0.456. The van der Waals surface area contributed by atoms with E-state index in [1.54, 1.807) is 6.92 Å². The van der Waals surface area contributed by atoms with Gasteiger partial charge in [0.25, 0.3) is 0 Å². The van der Waals surface area contributed by atoms with Crippen LogP contribution in [-0.2, 0) is 15.1 Å². The maximum Gasteiger partial charge on any atom is 0.446 e. The van der Waals surface area contributed by atoms with Crippen LogP contribution in [0.3, 0.4) is 0 Å². The molecule has 1 rings (SSSR count). The Labute approximate surface area is 102 Å². The summed E-state index contributed by atoms with van der Waals surface area (Å²) in [5.74, 6) is -3.37. The molecular formula is C9H10O8S. The molecule has 1 aromatic rings. The highest BCUT2D eigenvalue weighted by Gasteiger charge is 2.19. The maximum atomic E-state index is 11.3. The van der Waals surface area contributed by atoms with Gasteiger partial charge in [-0.25, -0.2) is 4.79 Å². The van der Waals surface area contributed by atoms with E-state index in [0.717, 1.165) is 12.1 Å². The molecule has 3 N–H and O–H groups in total. The number of ether oxygens (including phenoxy) is 1. The highest BCUT2D eigenvalue weighted by Crippen LogP contribution is 2.37. The van der Waals surface area contributed by atoms with Crippen molar-refractivity contribution in [2.75, 3.05) is 6.61 Å². The van der Waals surface area contributed by atoms with Gasteiger partial charge in [0.2, 0.25) is 5.75 Å². The minimum atomic E-state index is -4.89. The second-order valence-corrected chi connectivity index (χ2v) is 4.10. The molecule has 18 heavy (non-hydrogen) atoms. The first-order valence-corrected chi connectivity index (χ1v) is 6.01. The van der Waals surface area contributed by atoms with Crippen molar-refractivity contribution in [1.29, 1.82) is 0 Å². The minimum absolute atomic E-state index is 0.0644. The van der Waals surface area contributed by atoms with Gasteiger partial charge in [0.15, 0.2) is 11.5 Å². The van der Waals surface area contributed by atoms with Crippen LogP contribution >= 0.6 is 0 Å². The van der Waals surface area contributed by atoms with E-state index >= 15 is 0 Å². The van der Waals surface area contributed by atoms with Crippen LogP contribution in [0.4, 0.5) is 0 Å². The van der Waals surface area contributed by atoms with Gasteiger partial charge in [-0.2, -0.15) is 8.42 Å². The van der Waals surface area contributed by atoms with Crippen molar-refractivity contribution >= 4 is 16.4 Å². The van der Waals surface area contributed by atoms with Gasteiger partial charge in [0.1, 0.15) is 0 Å². The lowest BCUT2D eigenvalue weighted by Crippen LogP contribution is -2.09. The molecule has 1 aromatic carbocycles. The maximum absolute atomic E-state index is 11.3. The molecule has 0 spiro atoms. The molecule has 0 amide bonds. The van der Waals surface area contributed by atoms with Gasteiger partial charge >= 0.3 is 16.4 Å². The van der Waals surface area contributed by atoms with E-state index in [9.17, 15) is 23.4 Å². The van der Waals surface area contributed by atoms with Crippen molar-refractivity contribution in [3.05, 3.63) is 17.7 Å². The molecule has 0 fully saturated rings. The molecule has 0 aromatic heterocycles. The summed E-state index contributed by atoms with van der Waals surface area (Å²) >= 11 is 0. The molecule has 0 unspecified atom stereocenters. The predicted molar refractivity (Wildman–Crippen MR) is 57.9 cm³/mol. The zero-order chi connectivity index (χ0) is 13.9. The van der Waals surface area contributed by atoms with Gasteiger partial charge < -0.3 is 19.1 Å². The first kappa shape index (κ1) is 14.1. The Balaban J connectivity index is 3.22. The average molecular weight is 278 g/mol. The molecule has 0 aliphatic heterocycles. The van der Waals surface area contributed by atoms with Crippen LogP contribution in [0.1, 0.15) is 17.3 Å². The normalized spacial score (nSPS) is 11.0. The van der Waals surface area contributed by atoms with E-state index < -0.39 is 33.6 Å². The number of carbonyl (C=O) groups excluding carboxylic acids is 1. The summed E-state index contributed by atoms with van der Waals surface area (Å²) in [7, 11) is -4.89. The second kappa shape index (κ2) is 5.10. The van der Waals surface area contributed by atoms with E-state index in [1.165, 1.54) is 0 Å². The third-order valence-electron chi connectivity index (χ3n) is 1.76. The van der Waals surface area contributed by atoms with E-state index in [-0.39, 0.29) is 12.2 Å². The van der Waals surface area contributed by atoms with E-state index in [2.05, 4.69) is 8.92 Å². The van der Waals surface area contributed by atoms with Crippen molar-refractivity contribution in [3.8, 4) is 17.2 Å². The molecule has 0 radical (unpaired) electrons. The number of aromatic hydroxyl groups is 2. The Morgan fingerprint density at radius 1 is 1.33 bits per heavy atom. The van der Waals surface area contributed by atoms with Crippen LogP contribution in [0.2, 0.25) is 0 Å². The number of hydrogen-bond donors (Lipinski definition) is 3. The van der Waals surface area contributed by atoms with E-state index in [1.807, 2.05) is 0 Å². The summed E-state index contributed by atoms with van der Waals surface area (Å²) in [5, 5.41) is 18.6. The summed E-state index contributed by atoms with van der Waals surface area (Å²) in [4.78, 5) is 11.3. The van der Waals surface area contributed by atoms with Gasteiger partial charge in [0, 0.05) is 6.07 Å². The number of rotatable bonds is 4. The lowest BCUT2D eigenvalue weighted by molar-refractivity contribution is 0.0525. The summed E-state index contributed by atoms with van der Waals surface area (Å²) in [6.07, 6.45) is 0. The second-order valence-electron chi connectivity index (χ2n) is 3.07. The van der Waals surface area contributed by atoms with Gasteiger partial charge in [-0.15, -0.1) is 0 Å². The monoisotopic (exact) mass is 278 g/mol. The largest absolute Gasteiger partial charge is 0.504 e. The minimum Gasteiger partial charge on any atom is -0.504 e. The third kappa shape index (κ3) is 3.50. The standard InChI is InChI=1S/C9H10O8S/c1-2-16-9(12)5-3-6(10)8(11)7(4-5)17-18(13,14)15/h3-4,10-11H,2H2,1H3,(H,13,14,15). The fourth-order valence-corrected chi connectivity index (χ4v) is 1.46. The fraction of sp³-hybridized carbons (Fsp3) is 0.222. The Hall–Kier alpha value is -2.00. The van der Waals surface area contributed by atoms with Crippen molar-refractivity contribution < 1.29 is 36.9 Å². The quantitative estimate of drug-likeness (QED) is 0.411. The van der Waals surface area contributed by atoms with Gasteiger partial charge in [-0.1, -0.05) is 0 Å². The molecule has 0 aliphatic rings. The summed E-state index contributed by atoms with van der Waals surface area (Å²) in [6, 6.07) is 1.67. The Bertz CT molecular complexity index is 562. The highest BCUT2D eigenvalue weighted by atomic mass is 32.3. The first-order chi connectivity index (χ1) is 8.24.